The van der Waals surface area contributed by atoms with Gasteiger partial charge in [-0.25, -0.2) is 0 Å². The minimum Gasteiger partial charge on any atom is -0.515 e. The van der Waals surface area contributed by atoms with Crippen LogP contribution in [-0.2, 0) is 9.53 Å². The standard InChI is InChI=1S/C15H18O3/c1-15(2)7-6-14(17)12(10-16)13(15)9-11-5-3-4-8-18-11/h3-8,10-11,13,16H,9H2,1-2H3. The quantitative estimate of drug-likeness (QED) is 0.601. The van der Waals surface area contributed by atoms with E-state index in [2.05, 4.69) is 13.8 Å². The highest BCUT2D eigenvalue weighted by molar-refractivity contribution is 6.05. The summed E-state index contributed by atoms with van der Waals surface area (Å²) in [5, 5.41) is 9.30. The van der Waals surface area contributed by atoms with E-state index < -0.39 is 0 Å². The van der Waals surface area contributed by atoms with E-state index in [1.165, 1.54) is 6.08 Å². The molecule has 1 aliphatic heterocycles. The first-order chi connectivity index (χ1) is 8.54. The van der Waals surface area contributed by atoms with Crippen LogP contribution in [0, 0.1) is 11.3 Å². The largest absolute Gasteiger partial charge is 0.515 e. The zero-order valence-electron chi connectivity index (χ0n) is 10.7. The number of carbonyl (C=O) groups excluding carboxylic acids is 1. The summed E-state index contributed by atoms with van der Waals surface area (Å²) in [5.41, 5.74) is 0.301. The van der Waals surface area contributed by atoms with Crippen molar-refractivity contribution < 1.29 is 14.6 Å². The Morgan fingerprint density at radius 1 is 1.44 bits per heavy atom. The summed E-state index contributed by atoms with van der Waals surface area (Å²) in [7, 11) is 0. The average Bonchev–Trinajstić information content (AvgIpc) is 2.36. The Morgan fingerprint density at radius 2 is 2.22 bits per heavy atom. The van der Waals surface area contributed by atoms with E-state index in [0.29, 0.717) is 12.0 Å². The van der Waals surface area contributed by atoms with E-state index in [4.69, 9.17) is 4.74 Å². The van der Waals surface area contributed by atoms with Gasteiger partial charge in [0, 0.05) is 11.5 Å². The van der Waals surface area contributed by atoms with Crippen molar-refractivity contribution in [2.45, 2.75) is 26.4 Å². The third-order valence-electron chi connectivity index (χ3n) is 3.60. The van der Waals surface area contributed by atoms with Crippen LogP contribution in [-0.4, -0.2) is 17.0 Å². The summed E-state index contributed by atoms with van der Waals surface area (Å²) in [6.45, 7) is 4.12. The minimum atomic E-state index is -0.166. The van der Waals surface area contributed by atoms with Crippen molar-refractivity contribution in [3.63, 3.8) is 0 Å². The predicted octanol–water partition coefficient (Wildman–Crippen LogP) is 3.07. The molecule has 3 heteroatoms. The summed E-state index contributed by atoms with van der Waals surface area (Å²) in [6, 6.07) is 0. The number of aliphatic hydroxyl groups excluding tert-OH is 1. The van der Waals surface area contributed by atoms with Crippen LogP contribution in [0.1, 0.15) is 20.3 Å². The second-order valence-electron chi connectivity index (χ2n) is 5.28. The zero-order valence-corrected chi connectivity index (χ0v) is 10.7. The van der Waals surface area contributed by atoms with Crippen molar-refractivity contribution in [3.05, 3.63) is 48.5 Å². The van der Waals surface area contributed by atoms with E-state index in [1.54, 1.807) is 6.26 Å². The molecular formula is C15H18O3. The Hall–Kier alpha value is -1.77. The van der Waals surface area contributed by atoms with Crippen molar-refractivity contribution in [2.24, 2.45) is 11.3 Å². The normalized spacial score (nSPS) is 31.7. The summed E-state index contributed by atoms with van der Waals surface area (Å²) < 4.78 is 5.49. The molecule has 0 aromatic carbocycles. The molecule has 0 saturated heterocycles. The van der Waals surface area contributed by atoms with Crippen molar-refractivity contribution in [3.8, 4) is 0 Å². The van der Waals surface area contributed by atoms with Gasteiger partial charge >= 0.3 is 0 Å². The lowest BCUT2D eigenvalue weighted by Crippen LogP contribution is -2.33. The number of hydrogen-bond acceptors (Lipinski definition) is 3. The Balaban J connectivity index is 2.22. The zero-order chi connectivity index (χ0) is 13.2. The maximum Gasteiger partial charge on any atom is 0.184 e. The Morgan fingerprint density at radius 3 is 2.83 bits per heavy atom. The van der Waals surface area contributed by atoms with Crippen LogP contribution < -0.4 is 0 Å². The molecule has 2 rings (SSSR count). The maximum absolute atomic E-state index is 11.8. The van der Waals surface area contributed by atoms with Gasteiger partial charge in [-0.05, 0) is 30.1 Å². The van der Waals surface area contributed by atoms with Crippen LogP contribution in [0.3, 0.4) is 0 Å². The number of hydrogen-bond donors (Lipinski definition) is 1. The smallest absolute Gasteiger partial charge is 0.184 e. The molecule has 1 N–H and O–H groups in total. The molecule has 0 amide bonds. The number of ketones is 1. The molecule has 0 saturated carbocycles. The lowest BCUT2D eigenvalue weighted by atomic mass is 9.68. The highest BCUT2D eigenvalue weighted by Gasteiger charge is 2.37. The second-order valence-corrected chi connectivity index (χ2v) is 5.28. The molecule has 0 bridgehead atoms. The van der Waals surface area contributed by atoms with Gasteiger partial charge in [-0.3, -0.25) is 4.79 Å². The first kappa shape index (κ1) is 12.7. The van der Waals surface area contributed by atoms with Gasteiger partial charge in [-0.2, -0.15) is 0 Å². The van der Waals surface area contributed by atoms with Gasteiger partial charge in [0.15, 0.2) is 5.78 Å². The number of carbonyl (C=O) groups is 1. The molecule has 2 aliphatic rings. The molecule has 0 spiro atoms. The van der Waals surface area contributed by atoms with Crippen LogP contribution in [0.15, 0.2) is 48.5 Å². The molecular weight excluding hydrogens is 228 g/mol. The maximum atomic E-state index is 11.8. The molecule has 0 fully saturated rings. The SMILES string of the molecule is CC1(C)C=CC(=O)C(=CO)C1CC1C=CC=CO1. The first-order valence-electron chi connectivity index (χ1n) is 6.11. The van der Waals surface area contributed by atoms with E-state index in [9.17, 15) is 9.90 Å². The lowest BCUT2D eigenvalue weighted by Gasteiger charge is -2.37. The van der Waals surface area contributed by atoms with Crippen LogP contribution in [0.25, 0.3) is 0 Å². The van der Waals surface area contributed by atoms with Gasteiger partial charge < -0.3 is 9.84 Å². The fourth-order valence-corrected chi connectivity index (χ4v) is 2.45. The average molecular weight is 246 g/mol. The molecule has 1 heterocycles. The van der Waals surface area contributed by atoms with Crippen molar-refractivity contribution in [2.75, 3.05) is 0 Å². The van der Waals surface area contributed by atoms with Crippen LogP contribution in [0.2, 0.25) is 0 Å². The molecule has 0 radical (unpaired) electrons. The Kier molecular flexibility index (Phi) is 3.41. The Labute approximate surface area is 107 Å². The Bertz CT molecular complexity index is 452. The molecule has 0 aromatic heterocycles. The van der Waals surface area contributed by atoms with Crippen LogP contribution >= 0.6 is 0 Å². The van der Waals surface area contributed by atoms with E-state index >= 15 is 0 Å². The third-order valence-corrected chi connectivity index (χ3v) is 3.60. The predicted molar refractivity (Wildman–Crippen MR) is 69.9 cm³/mol. The van der Waals surface area contributed by atoms with Gasteiger partial charge in [-0.1, -0.05) is 26.0 Å². The van der Waals surface area contributed by atoms with E-state index in [-0.39, 0.29) is 23.2 Å². The van der Waals surface area contributed by atoms with Crippen LogP contribution in [0.4, 0.5) is 0 Å². The number of allylic oxidation sites excluding steroid dienone is 5. The fourth-order valence-electron chi connectivity index (χ4n) is 2.45. The summed E-state index contributed by atoms with van der Waals surface area (Å²) in [4.78, 5) is 11.8. The van der Waals surface area contributed by atoms with Gasteiger partial charge in [0.1, 0.15) is 6.10 Å². The van der Waals surface area contributed by atoms with Gasteiger partial charge in [0.2, 0.25) is 0 Å². The van der Waals surface area contributed by atoms with E-state index in [1.807, 2.05) is 24.3 Å². The van der Waals surface area contributed by atoms with Crippen molar-refractivity contribution >= 4 is 5.78 Å². The number of rotatable bonds is 2. The number of aliphatic hydroxyl groups is 1. The van der Waals surface area contributed by atoms with Gasteiger partial charge in [0.25, 0.3) is 0 Å². The summed E-state index contributed by atoms with van der Waals surface area (Å²) in [6.07, 6.45) is 12.4. The summed E-state index contributed by atoms with van der Waals surface area (Å²) in [5.74, 6) is -0.154. The molecule has 18 heavy (non-hydrogen) atoms. The molecule has 1 aliphatic carbocycles. The molecule has 2 unspecified atom stereocenters. The molecule has 96 valence electrons. The summed E-state index contributed by atoms with van der Waals surface area (Å²) >= 11 is 0. The second kappa shape index (κ2) is 4.84. The monoisotopic (exact) mass is 246 g/mol. The van der Waals surface area contributed by atoms with Gasteiger partial charge in [0.05, 0.1) is 12.5 Å². The van der Waals surface area contributed by atoms with Crippen molar-refractivity contribution in [1.82, 2.24) is 0 Å². The molecule has 3 nitrogen and oxygen atoms in total. The number of ether oxygens (including phenoxy) is 1. The van der Waals surface area contributed by atoms with E-state index in [0.717, 1.165) is 6.26 Å². The lowest BCUT2D eigenvalue weighted by molar-refractivity contribution is -0.112. The highest BCUT2D eigenvalue weighted by atomic mass is 16.5. The minimum absolute atomic E-state index is 0.0406. The highest BCUT2D eigenvalue weighted by Crippen LogP contribution is 2.41. The van der Waals surface area contributed by atoms with Crippen LogP contribution in [0.5, 0.6) is 0 Å². The van der Waals surface area contributed by atoms with Crippen molar-refractivity contribution in [1.29, 1.82) is 0 Å². The topological polar surface area (TPSA) is 46.5 Å². The third kappa shape index (κ3) is 2.40. The molecule has 0 aromatic rings. The molecule has 2 atom stereocenters. The van der Waals surface area contributed by atoms with Gasteiger partial charge in [-0.15, -0.1) is 0 Å². The fraction of sp³-hybridized carbons (Fsp3) is 0.400. The first-order valence-corrected chi connectivity index (χ1v) is 6.11.